The number of aromatic nitrogens is 1. The molecule has 8 nitrogen and oxygen atoms in total. The Morgan fingerprint density at radius 3 is 2.21 bits per heavy atom. The summed E-state index contributed by atoms with van der Waals surface area (Å²) in [5.41, 5.74) is 1.71. The van der Waals surface area contributed by atoms with E-state index in [2.05, 4.69) is 10.3 Å². The lowest BCUT2D eigenvalue weighted by Crippen LogP contribution is -2.41. The first kappa shape index (κ1) is 23.7. The van der Waals surface area contributed by atoms with E-state index >= 15 is 0 Å². The molecule has 1 saturated heterocycles. The molecule has 34 heavy (non-hydrogen) atoms. The summed E-state index contributed by atoms with van der Waals surface area (Å²) in [7, 11) is -2.08. The number of nitrogens with one attached hydrogen (secondary N) is 1. The number of ether oxygens (including phenoxy) is 2. The number of methoxy groups -OCH3 is 1. The van der Waals surface area contributed by atoms with Crippen molar-refractivity contribution in [3.8, 4) is 17.4 Å². The highest BCUT2D eigenvalue weighted by molar-refractivity contribution is 7.89. The number of benzene rings is 2. The van der Waals surface area contributed by atoms with E-state index in [-0.39, 0.29) is 29.8 Å². The molecule has 2 aromatic carbocycles. The molecule has 1 N–H and O–H groups in total. The van der Waals surface area contributed by atoms with E-state index in [0.29, 0.717) is 35.9 Å². The molecule has 0 bridgehead atoms. The van der Waals surface area contributed by atoms with E-state index in [0.717, 1.165) is 5.56 Å². The first-order valence-electron chi connectivity index (χ1n) is 11.0. The van der Waals surface area contributed by atoms with Crippen LogP contribution in [0.5, 0.6) is 17.4 Å². The number of piperidine rings is 1. The van der Waals surface area contributed by atoms with Crippen molar-refractivity contribution in [3.05, 3.63) is 72.4 Å². The van der Waals surface area contributed by atoms with Gasteiger partial charge in [0.1, 0.15) is 11.5 Å². The fourth-order valence-corrected chi connectivity index (χ4v) is 5.21. The minimum Gasteiger partial charge on any atom is -0.497 e. The van der Waals surface area contributed by atoms with Gasteiger partial charge in [0, 0.05) is 25.1 Å². The van der Waals surface area contributed by atoms with Gasteiger partial charge in [0.15, 0.2) is 0 Å². The molecule has 1 aromatic heterocycles. The molecule has 4 rings (SSSR count). The molecule has 1 fully saturated rings. The number of anilines is 1. The van der Waals surface area contributed by atoms with Crippen LogP contribution in [-0.2, 0) is 14.8 Å². The van der Waals surface area contributed by atoms with Crippen LogP contribution in [0.4, 0.5) is 5.69 Å². The molecule has 9 heteroatoms. The summed E-state index contributed by atoms with van der Waals surface area (Å²) < 4.78 is 38.0. The monoisotopic (exact) mass is 481 g/mol. The van der Waals surface area contributed by atoms with Crippen LogP contribution in [-0.4, -0.2) is 43.8 Å². The molecular formula is C25H27N3O5S. The summed E-state index contributed by atoms with van der Waals surface area (Å²) in [6, 6.07) is 17.4. The van der Waals surface area contributed by atoms with Crippen molar-refractivity contribution in [1.82, 2.24) is 9.29 Å². The summed E-state index contributed by atoms with van der Waals surface area (Å²) in [5.74, 6) is 1.30. The van der Waals surface area contributed by atoms with Crippen molar-refractivity contribution in [2.24, 2.45) is 5.92 Å². The van der Waals surface area contributed by atoms with Gasteiger partial charge in [-0.3, -0.25) is 4.79 Å². The molecule has 0 saturated carbocycles. The molecule has 0 spiro atoms. The van der Waals surface area contributed by atoms with Crippen LogP contribution in [0.3, 0.4) is 0 Å². The van der Waals surface area contributed by atoms with Crippen molar-refractivity contribution in [3.63, 3.8) is 0 Å². The third-order valence-electron chi connectivity index (χ3n) is 5.77. The summed E-state index contributed by atoms with van der Waals surface area (Å²) in [5, 5.41) is 2.87. The molecule has 3 aromatic rings. The Balaban J connectivity index is 1.30. The molecule has 2 heterocycles. The topological polar surface area (TPSA) is 97.8 Å². The van der Waals surface area contributed by atoms with Crippen LogP contribution in [0, 0.1) is 12.8 Å². The predicted octanol–water partition coefficient (Wildman–Crippen LogP) is 4.23. The van der Waals surface area contributed by atoms with Gasteiger partial charge in [0.25, 0.3) is 0 Å². The Hall–Kier alpha value is -3.43. The van der Waals surface area contributed by atoms with E-state index in [4.69, 9.17) is 9.47 Å². The largest absolute Gasteiger partial charge is 0.497 e. The van der Waals surface area contributed by atoms with E-state index in [9.17, 15) is 13.2 Å². The van der Waals surface area contributed by atoms with Gasteiger partial charge in [-0.25, -0.2) is 13.4 Å². The molecule has 178 valence electrons. The maximum Gasteiger partial charge on any atom is 0.243 e. The Morgan fingerprint density at radius 1 is 0.971 bits per heavy atom. The summed E-state index contributed by atoms with van der Waals surface area (Å²) in [6.45, 7) is 2.57. The summed E-state index contributed by atoms with van der Waals surface area (Å²) in [4.78, 5) is 17.2. The fourth-order valence-electron chi connectivity index (χ4n) is 3.74. The van der Waals surface area contributed by atoms with Gasteiger partial charge in [-0.1, -0.05) is 17.7 Å². The second-order valence-electron chi connectivity index (χ2n) is 8.14. The number of nitrogens with zero attached hydrogens (tertiary/aromatic N) is 2. The van der Waals surface area contributed by atoms with Gasteiger partial charge in [0.05, 0.1) is 23.9 Å². The Morgan fingerprint density at radius 2 is 1.62 bits per heavy atom. The molecule has 0 radical (unpaired) electrons. The lowest BCUT2D eigenvalue weighted by atomic mass is 9.97. The number of rotatable bonds is 7. The van der Waals surface area contributed by atoms with Crippen molar-refractivity contribution in [2.75, 3.05) is 25.5 Å². The Labute approximate surface area is 199 Å². The maximum atomic E-state index is 12.9. The van der Waals surface area contributed by atoms with Gasteiger partial charge >= 0.3 is 0 Å². The minimum absolute atomic E-state index is 0.143. The number of hydrogen-bond acceptors (Lipinski definition) is 6. The first-order chi connectivity index (χ1) is 16.3. The molecule has 0 atom stereocenters. The van der Waals surface area contributed by atoms with Crippen molar-refractivity contribution in [1.29, 1.82) is 0 Å². The third kappa shape index (κ3) is 5.55. The SMILES string of the molecule is COc1ccc(S(=O)(=O)N2CCC(C(=O)Nc3ccc(Oc4ccc(C)cc4)nc3)CC2)cc1. The molecule has 0 aliphatic carbocycles. The van der Waals surface area contributed by atoms with Crippen LogP contribution >= 0.6 is 0 Å². The number of carbonyl (C=O) groups is 1. The lowest BCUT2D eigenvalue weighted by molar-refractivity contribution is -0.120. The second-order valence-corrected chi connectivity index (χ2v) is 10.1. The van der Waals surface area contributed by atoms with E-state index in [1.165, 1.54) is 23.5 Å². The van der Waals surface area contributed by atoms with E-state index in [1.54, 1.807) is 30.5 Å². The van der Waals surface area contributed by atoms with Gasteiger partial charge < -0.3 is 14.8 Å². The summed E-state index contributed by atoms with van der Waals surface area (Å²) >= 11 is 0. The summed E-state index contributed by atoms with van der Waals surface area (Å²) in [6.07, 6.45) is 2.44. The van der Waals surface area contributed by atoms with Gasteiger partial charge in [-0.2, -0.15) is 4.31 Å². The number of amides is 1. The molecule has 0 unspecified atom stereocenters. The van der Waals surface area contributed by atoms with Crippen LogP contribution in [0.2, 0.25) is 0 Å². The van der Waals surface area contributed by atoms with Gasteiger partial charge in [-0.05, 0) is 62.2 Å². The van der Waals surface area contributed by atoms with Crippen LogP contribution < -0.4 is 14.8 Å². The molecule has 1 amide bonds. The average Bonchev–Trinajstić information content (AvgIpc) is 2.86. The number of sulfonamides is 1. The highest BCUT2D eigenvalue weighted by Gasteiger charge is 2.32. The number of carbonyl (C=O) groups excluding carboxylic acids is 1. The van der Waals surface area contributed by atoms with E-state index in [1.807, 2.05) is 31.2 Å². The zero-order valence-electron chi connectivity index (χ0n) is 19.1. The Bertz CT molecular complexity index is 1220. The fraction of sp³-hybridized carbons (Fsp3) is 0.280. The minimum atomic E-state index is -3.61. The number of pyridine rings is 1. The smallest absolute Gasteiger partial charge is 0.243 e. The van der Waals surface area contributed by atoms with Crippen LogP contribution in [0.25, 0.3) is 0 Å². The highest BCUT2D eigenvalue weighted by atomic mass is 32.2. The lowest BCUT2D eigenvalue weighted by Gasteiger charge is -2.30. The van der Waals surface area contributed by atoms with Gasteiger partial charge in [0.2, 0.25) is 21.8 Å². The maximum absolute atomic E-state index is 12.9. The second kappa shape index (κ2) is 10.2. The number of hydrogen-bond donors (Lipinski definition) is 1. The first-order valence-corrected chi connectivity index (χ1v) is 12.4. The van der Waals surface area contributed by atoms with Crippen LogP contribution in [0.15, 0.2) is 71.8 Å². The van der Waals surface area contributed by atoms with Gasteiger partial charge in [-0.15, -0.1) is 0 Å². The zero-order chi connectivity index (χ0) is 24.1. The molecule has 1 aliphatic rings. The van der Waals surface area contributed by atoms with Crippen molar-refractivity contribution >= 4 is 21.6 Å². The van der Waals surface area contributed by atoms with Crippen LogP contribution in [0.1, 0.15) is 18.4 Å². The zero-order valence-corrected chi connectivity index (χ0v) is 19.9. The Kier molecular flexibility index (Phi) is 7.14. The molecular weight excluding hydrogens is 454 g/mol. The third-order valence-corrected chi connectivity index (χ3v) is 7.68. The predicted molar refractivity (Wildman–Crippen MR) is 129 cm³/mol. The van der Waals surface area contributed by atoms with Crippen molar-refractivity contribution in [2.45, 2.75) is 24.7 Å². The average molecular weight is 482 g/mol. The quantitative estimate of drug-likeness (QED) is 0.542. The standard InChI is InChI=1S/C25H27N3O5S/c1-18-3-6-22(7-4-18)33-24-12-5-20(17-26-24)27-25(29)19-13-15-28(16-14-19)34(30,31)23-10-8-21(32-2)9-11-23/h3-12,17,19H,13-16H2,1-2H3,(H,27,29). The normalized spacial score (nSPS) is 15.0. The number of aryl methyl sites for hydroxylation is 1. The van der Waals surface area contributed by atoms with Crippen molar-refractivity contribution < 1.29 is 22.7 Å². The highest BCUT2D eigenvalue weighted by Crippen LogP contribution is 2.26. The van der Waals surface area contributed by atoms with E-state index < -0.39 is 10.0 Å². The molecule has 1 aliphatic heterocycles.